The zero-order valence-electron chi connectivity index (χ0n) is 9.55. The second-order valence-corrected chi connectivity index (χ2v) is 5.15. The van der Waals surface area contributed by atoms with Crippen LogP contribution < -0.4 is 0 Å². The van der Waals surface area contributed by atoms with Gasteiger partial charge in [-0.05, 0) is 35.0 Å². The van der Waals surface area contributed by atoms with Crippen LogP contribution in [0.2, 0.25) is 0 Å². The van der Waals surface area contributed by atoms with E-state index in [1.807, 2.05) is 35.9 Å². The molecule has 0 aromatic carbocycles. The van der Waals surface area contributed by atoms with Crippen LogP contribution in [-0.2, 0) is 9.47 Å². The van der Waals surface area contributed by atoms with E-state index in [1.54, 1.807) is 0 Å². The number of pyridine rings is 1. The normalized spacial score (nSPS) is 23.7. The lowest BCUT2D eigenvalue weighted by Crippen LogP contribution is -2.31. The van der Waals surface area contributed by atoms with Crippen LogP contribution >= 0.6 is 15.9 Å². The Hall–Kier alpha value is -1.37. The Labute approximate surface area is 111 Å². The Kier molecular flexibility index (Phi) is 2.09. The average molecular weight is 308 g/mol. The second-order valence-electron chi connectivity index (χ2n) is 4.33. The van der Waals surface area contributed by atoms with Gasteiger partial charge in [0.1, 0.15) is 10.3 Å². The molecule has 1 aliphatic rings. The van der Waals surface area contributed by atoms with Gasteiger partial charge in [0.05, 0.1) is 11.2 Å². The first kappa shape index (κ1) is 10.5. The zero-order valence-corrected chi connectivity index (χ0v) is 11.1. The van der Waals surface area contributed by atoms with Crippen molar-refractivity contribution in [1.29, 1.82) is 0 Å². The Morgan fingerprint density at radius 3 is 3.06 bits per heavy atom. The molecule has 5 nitrogen and oxygen atoms in total. The molecule has 6 heteroatoms. The van der Waals surface area contributed by atoms with Gasteiger partial charge < -0.3 is 18.9 Å². The number of imidazole rings is 1. The summed E-state index contributed by atoms with van der Waals surface area (Å²) in [4.78, 5) is 7.75. The number of ether oxygens (including phenoxy) is 2. The summed E-state index contributed by atoms with van der Waals surface area (Å²) in [7, 11) is 0. The van der Waals surface area contributed by atoms with Gasteiger partial charge in [0, 0.05) is 17.8 Å². The molecule has 0 bridgehead atoms. The van der Waals surface area contributed by atoms with Crippen molar-refractivity contribution in [2.24, 2.45) is 0 Å². The Morgan fingerprint density at radius 1 is 1.44 bits per heavy atom. The molecule has 0 spiro atoms. The highest BCUT2D eigenvalue weighted by molar-refractivity contribution is 9.10. The third-order valence-corrected chi connectivity index (χ3v) is 3.48. The maximum atomic E-state index is 5.48. The minimum absolute atomic E-state index is 0.123. The fourth-order valence-corrected chi connectivity index (χ4v) is 2.66. The van der Waals surface area contributed by atoms with E-state index in [0.29, 0.717) is 0 Å². The molecule has 0 radical (unpaired) electrons. The number of hydrogen-bond acceptors (Lipinski definition) is 3. The van der Waals surface area contributed by atoms with Crippen LogP contribution in [0.1, 0.15) is 18.9 Å². The third kappa shape index (κ3) is 1.43. The van der Waals surface area contributed by atoms with Crippen LogP contribution in [-0.4, -0.2) is 20.7 Å². The van der Waals surface area contributed by atoms with Crippen LogP contribution in [0.4, 0.5) is 0 Å². The Balaban J connectivity index is 1.90. The quantitative estimate of drug-likeness (QED) is 0.752. The predicted molar refractivity (Wildman–Crippen MR) is 69.1 cm³/mol. The molecule has 1 saturated heterocycles. The van der Waals surface area contributed by atoms with Crippen molar-refractivity contribution in [3.63, 3.8) is 0 Å². The number of hydrogen-bond donors (Lipinski definition) is 1. The van der Waals surface area contributed by atoms with E-state index in [2.05, 4.69) is 25.9 Å². The first-order valence-electron chi connectivity index (χ1n) is 5.67. The van der Waals surface area contributed by atoms with Crippen LogP contribution in [0.5, 0.6) is 0 Å². The fraction of sp³-hybridized carbons (Fsp3) is 0.250. The maximum Gasteiger partial charge on any atom is 0.204 e. The lowest BCUT2D eigenvalue weighted by molar-refractivity contribution is -0.383. The monoisotopic (exact) mass is 307 g/mol. The predicted octanol–water partition coefficient (Wildman–Crippen LogP) is 2.97. The minimum Gasteiger partial charge on any atom is -0.354 e. The summed E-state index contributed by atoms with van der Waals surface area (Å²) in [5.41, 5.74) is 2.87. The van der Waals surface area contributed by atoms with Crippen molar-refractivity contribution in [3.05, 3.63) is 34.8 Å². The minimum atomic E-state index is -0.286. The van der Waals surface area contributed by atoms with E-state index in [9.17, 15) is 0 Å². The molecule has 0 aliphatic carbocycles. The Morgan fingerprint density at radius 2 is 2.28 bits per heavy atom. The summed E-state index contributed by atoms with van der Waals surface area (Å²) in [6.45, 7) is 1.88. The van der Waals surface area contributed by atoms with E-state index in [1.165, 1.54) is 0 Å². The highest BCUT2D eigenvalue weighted by Gasteiger charge is 2.30. The van der Waals surface area contributed by atoms with Gasteiger partial charge in [-0.3, -0.25) is 0 Å². The maximum absolute atomic E-state index is 5.48. The van der Waals surface area contributed by atoms with Crippen LogP contribution in [0.15, 0.2) is 29.1 Å². The van der Waals surface area contributed by atoms with Crippen molar-refractivity contribution < 1.29 is 9.47 Å². The van der Waals surface area contributed by atoms with Crippen molar-refractivity contribution in [2.75, 3.05) is 0 Å². The largest absolute Gasteiger partial charge is 0.354 e. The number of fused-ring (bicyclic) bond motifs is 3. The van der Waals surface area contributed by atoms with Gasteiger partial charge in [0.15, 0.2) is 6.29 Å². The van der Waals surface area contributed by atoms with Crippen molar-refractivity contribution in [1.82, 2.24) is 14.4 Å². The van der Waals surface area contributed by atoms with Crippen LogP contribution in [0.25, 0.3) is 16.6 Å². The summed E-state index contributed by atoms with van der Waals surface area (Å²) in [5, 5.41) is 1.06. The number of halogens is 1. The molecule has 1 aliphatic heterocycles. The van der Waals surface area contributed by atoms with Crippen molar-refractivity contribution in [2.45, 2.75) is 19.5 Å². The van der Waals surface area contributed by atoms with Crippen LogP contribution in [0.3, 0.4) is 0 Å². The zero-order chi connectivity index (χ0) is 12.3. The van der Waals surface area contributed by atoms with Crippen molar-refractivity contribution >= 4 is 32.5 Å². The average Bonchev–Trinajstić information content (AvgIpc) is 2.85. The third-order valence-electron chi connectivity index (χ3n) is 3.10. The lowest BCUT2D eigenvalue weighted by atomic mass is 10.3. The standard InChI is InChI=1S/C12H10BrN3O2/c1-6-17-12(18-6)9-4-7-8(14-9)2-3-16-5-10(13)15-11(7)16/h2-6,12,14H,1H3. The highest BCUT2D eigenvalue weighted by Crippen LogP contribution is 2.33. The van der Waals surface area contributed by atoms with Gasteiger partial charge in [0.2, 0.25) is 6.29 Å². The molecule has 4 rings (SSSR count). The molecule has 3 aromatic heterocycles. The molecule has 18 heavy (non-hydrogen) atoms. The molecule has 3 aromatic rings. The number of aromatic nitrogens is 3. The molecular weight excluding hydrogens is 298 g/mol. The lowest BCUT2D eigenvalue weighted by Gasteiger charge is -2.32. The van der Waals surface area contributed by atoms with Gasteiger partial charge in [-0.25, -0.2) is 4.98 Å². The topological polar surface area (TPSA) is 51.5 Å². The molecule has 4 heterocycles. The van der Waals surface area contributed by atoms with E-state index >= 15 is 0 Å². The highest BCUT2D eigenvalue weighted by atomic mass is 79.9. The van der Waals surface area contributed by atoms with E-state index in [4.69, 9.17) is 9.47 Å². The molecule has 0 amide bonds. The Bertz CT molecular complexity index is 742. The first-order valence-corrected chi connectivity index (χ1v) is 6.47. The summed E-state index contributed by atoms with van der Waals surface area (Å²) >= 11 is 3.39. The molecule has 92 valence electrons. The molecular formula is C12H10BrN3O2. The summed E-state index contributed by atoms with van der Waals surface area (Å²) in [6, 6.07) is 4.04. The molecule has 0 unspecified atom stereocenters. The fourth-order valence-electron chi connectivity index (χ4n) is 2.27. The van der Waals surface area contributed by atoms with Gasteiger partial charge in [-0.1, -0.05) is 0 Å². The van der Waals surface area contributed by atoms with Crippen molar-refractivity contribution in [3.8, 4) is 0 Å². The van der Waals surface area contributed by atoms with Crippen LogP contribution in [0, 0.1) is 0 Å². The van der Waals surface area contributed by atoms with E-state index < -0.39 is 0 Å². The second kappa shape index (κ2) is 3.57. The van der Waals surface area contributed by atoms with Gasteiger partial charge in [-0.15, -0.1) is 0 Å². The van der Waals surface area contributed by atoms with Gasteiger partial charge in [-0.2, -0.15) is 0 Å². The smallest absolute Gasteiger partial charge is 0.204 e. The van der Waals surface area contributed by atoms with Gasteiger partial charge >= 0.3 is 0 Å². The van der Waals surface area contributed by atoms with E-state index in [0.717, 1.165) is 26.8 Å². The first-order chi connectivity index (χ1) is 8.70. The number of aromatic amines is 1. The summed E-state index contributed by atoms with van der Waals surface area (Å²) in [5.74, 6) is 0. The molecule has 1 fully saturated rings. The summed E-state index contributed by atoms with van der Waals surface area (Å²) < 4.78 is 13.8. The molecule has 0 atom stereocenters. The molecule has 1 N–H and O–H groups in total. The molecule has 0 saturated carbocycles. The number of nitrogens with one attached hydrogen (secondary N) is 1. The number of nitrogens with zero attached hydrogens (tertiary/aromatic N) is 2. The number of H-pyrrole nitrogens is 1. The SMILES string of the molecule is CC1OC(c2cc3c(ccn4cc(Br)nc34)[nH]2)O1. The number of rotatable bonds is 1. The summed E-state index contributed by atoms with van der Waals surface area (Å²) in [6.07, 6.45) is 3.49. The van der Waals surface area contributed by atoms with E-state index in [-0.39, 0.29) is 12.6 Å². The van der Waals surface area contributed by atoms with Gasteiger partial charge in [0.25, 0.3) is 0 Å².